The third-order valence-electron chi connectivity index (χ3n) is 3.80. The van der Waals surface area contributed by atoms with Crippen LogP contribution in [-0.2, 0) is 4.74 Å². The van der Waals surface area contributed by atoms with Crippen LogP contribution < -0.4 is 5.32 Å². The molecule has 2 rings (SSSR count). The van der Waals surface area contributed by atoms with Crippen molar-refractivity contribution in [3.63, 3.8) is 0 Å². The Balaban J connectivity index is 2.00. The van der Waals surface area contributed by atoms with Gasteiger partial charge < -0.3 is 10.1 Å². The van der Waals surface area contributed by atoms with E-state index in [1.165, 1.54) is 5.56 Å². The van der Waals surface area contributed by atoms with Gasteiger partial charge in [0.1, 0.15) is 0 Å². The lowest BCUT2D eigenvalue weighted by Gasteiger charge is -2.40. The quantitative estimate of drug-likeness (QED) is 0.882. The molecule has 0 aromatic heterocycles. The largest absolute Gasteiger partial charge is 0.380 e. The van der Waals surface area contributed by atoms with Crippen LogP contribution in [0, 0.1) is 0 Å². The molecule has 0 bridgehead atoms. The number of methoxy groups -OCH3 is 1. The van der Waals surface area contributed by atoms with E-state index in [0.29, 0.717) is 18.2 Å². The van der Waals surface area contributed by atoms with Crippen LogP contribution in [0.5, 0.6) is 0 Å². The standard InChI is InChI=1S/C15H24N2O/c1-12-9-16-15(14-7-5-4-6-8-14)11-17(12)10-13(2)18-3/h4-8,12-13,15-16H,9-11H2,1-3H3. The van der Waals surface area contributed by atoms with Gasteiger partial charge in [0.25, 0.3) is 0 Å². The Bertz CT molecular complexity index is 355. The Hall–Kier alpha value is -0.900. The molecule has 3 unspecified atom stereocenters. The summed E-state index contributed by atoms with van der Waals surface area (Å²) in [6, 6.07) is 11.7. The number of nitrogens with one attached hydrogen (secondary N) is 1. The van der Waals surface area contributed by atoms with Gasteiger partial charge in [-0.15, -0.1) is 0 Å². The highest BCUT2D eigenvalue weighted by Crippen LogP contribution is 2.20. The van der Waals surface area contributed by atoms with E-state index in [0.717, 1.165) is 19.6 Å². The number of benzene rings is 1. The van der Waals surface area contributed by atoms with E-state index in [4.69, 9.17) is 4.74 Å². The van der Waals surface area contributed by atoms with Gasteiger partial charge in [-0.05, 0) is 19.4 Å². The van der Waals surface area contributed by atoms with Gasteiger partial charge in [-0.25, -0.2) is 0 Å². The highest BCUT2D eigenvalue weighted by atomic mass is 16.5. The lowest BCUT2D eigenvalue weighted by atomic mass is 10.0. The first-order valence-electron chi connectivity index (χ1n) is 6.76. The number of hydrogen-bond acceptors (Lipinski definition) is 3. The number of piperazine rings is 1. The monoisotopic (exact) mass is 248 g/mol. The Kier molecular flexibility index (Phi) is 4.75. The van der Waals surface area contributed by atoms with E-state index < -0.39 is 0 Å². The molecule has 1 aliphatic rings. The van der Waals surface area contributed by atoms with Crippen molar-refractivity contribution in [3.8, 4) is 0 Å². The molecule has 1 aromatic carbocycles. The van der Waals surface area contributed by atoms with Crippen molar-refractivity contribution >= 4 is 0 Å². The average Bonchev–Trinajstić information content (AvgIpc) is 2.42. The van der Waals surface area contributed by atoms with Crippen LogP contribution in [0.25, 0.3) is 0 Å². The zero-order valence-corrected chi connectivity index (χ0v) is 11.6. The zero-order chi connectivity index (χ0) is 13.0. The summed E-state index contributed by atoms with van der Waals surface area (Å²) in [5.41, 5.74) is 1.37. The van der Waals surface area contributed by atoms with Crippen LogP contribution in [-0.4, -0.2) is 43.8 Å². The normalized spacial score (nSPS) is 27.1. The molecule has 1 heterocycles. The third kappa shape index (κ3) is 3.31. The molecule has 0 radical (unpaired) electrons. The highest BCUT2D eigenvalue weighted by molar-refractivity contribution is 5.20. The van der Waals surface area contributed by atoms with E-state index >= 15 is 0 Å². The second kappa shape index (κ2) is 6.32. The Morgan fingerprint density at radius 1 is 1.39 bits per heavy atom. The summed E-state index contributed by atoms with van der Waals surface area (Å²) in [5, 5.41) is 3.62. The molecular formula is C15H24N2O. The molecule has 1 saturated heterocycles. The van der Waals surface area contributed by atoms with Gasteiger partial charge in [0.05, 0.1) is 6.10 Å². The molecule has 1 aliphatic heterocycles. The van der Waals surface area contributed by atoms with E-state index in [-0.39, 0.29) is 0 Å². The Morgan fingerprint density at radius 3 is 2.78 bits per heavy atom. The van der Waals surface area contributed by atoms with E-state index in [2.05, 4.69) is 54.4 Å². The average molecular weight is 248 g/mol. The molecule has 0 amide bonds. The predicted molar refractivity (Wildman–Crippen MR) is 74.7 cm³/mol. The molecule has 3 atom stereocenters. The highest BCUT2D eigenvalue weighted by Gasteiger charge is 2.26. The first-order valence-corrected chi connectivity index (χ1v) is 6.76. The molecule has 1 N–H and O–H groups in total. The summed E-state index contributed by atoms with van der Waals surface area (Å²) >= 11 is 0. The number of rotatable bonds is 4. The molecule has 1 aromatic rings. The second-order valence-electron chi connectivity index (χ2n) is 5.22. The molecule has 18 heavy (non-hydrogen) atoms. The molecular weight excluding hydrogens is 224 g/mol. The van der Waals surface area contributed by atoms with Crippen molar-refractivity contribution in [1.82, 2.24) is 10.2 Å². The fourth-order valence-corrected chi connectivity index (χ4v) is 2.49. The SMILES string of the molecule is COC(C)CN1CC(c2ccccc2)NCC1C. The van der Waals surface area contributed by atoms with Gasteiger partial charge >= 0.3 is 0 Å². The smallest absolute Gasteiger partial charge is 0.0670 e. The minimum Gasteiger partial charge on any atom is -0.380 e. The maximum atomic E-state index is 5.38. The Morgan fingerprint density at radius 2 is 2.11 bits per heavy atom. The molecule has 1 fully saturated rings. The van der Waals surface area contributed by atoms with Crippen molar-refractivity contribution in [1.29, 1.82) is 0 Å². The van der Waals surface area contributed by atoms with Crippen LogP contribution in [0.15, 0.2) is 30.3 Å². The molecule has 3 heteroatoms. The van der Waals surface area contributed by atoms with Crippen molar-refractivity contribution in [2.45, 2.75) is 32.0 Å². The van der Waals surface area contributed by atoms with E-state index in [9.17, 15) is 0 Å². The van der Waals surface area contributed by atoms with Crippen LogP contribution in [0.2, 0.25) is 0 Å². The van der Waals surface area contributed by atoms with Crippen LogP contribution in [0.3, 0.4) is 0 Å². The van der Waals surface area contributed by atoms with Crippen LogP contribution in [0.4, 0.5) is 0 Å². The summed E-state index contributed by atoms with van der Waals surface area (Å²) < 4.78 is 5.38. The van der Waals surface area contributed by atoms with E-state index in [1.54, 1.807) is 7.11 Å². The fraction of sp³-hybridized carbons (Fsp3) is 0.600. The maximum absolute atomic E-state index is 5.38. The van der Waals surface area contributed by atoms with Crippen LogP contribution in [0.1, 0.15) is 25.5 Å². The van der Waals surface area contributed by atoms with Gasteiger partial charge in [0.15, 0.2) is 0 Å². The molecule has 100 valence electrons. The predicted octanol–water partition coefficient (Wildman–Crippen LogP) is 2.06. The second-order valence-corrected chi connectivity index (χ2v) is 5.22. The van der Waals surface area contributed by atoms with Gasteiger partial charge in [-0.2, -0.15) is 0 Å². The van der Waals surface area contributed by atoms with Gasteiger partial charge in [0, 0.05) is 38.8 Å². The zero-order valence-electron chi connectivity index (χ0n) is 11.6. The van der Waals surface area contributed by atoms with Crippen molar-refractivity contribution < 1.29 is 4.74 Å². The summed E-state index contributed by atoms with van der Waals surface area (Å²) in [5.74, 6) is 0. The molecule has 0 aliphatic carbocycles. The number of hydrogen-bond donors (Lipinski definition) is 1. The maximum Gasteiger partial charge on any atom is 0.0670 e. The first kappa shape index (κ1) is 13.5. The third-order valence-corrected chi connectivity index (χ3v) is 3.80. The lowest BCUT2D eigenvalue weighted by Crippen LogP contribution is -2.53. The minimum absolute atomic E-state index is 0.293. The summed E-state index contributed by atoms with van der Waals surface area (Å²) in [6.07, 6.45) is 0.293. The van der Waals surface area contributed by atoms with Gasteiger partial charge in [-0.1, -0.05) is 30.3 Å². The Labute approximate surface area is 110 Å². The summed E-state index contributed by atoms with van der Waals surface area (Å²) in [6.45, 7) is 7.50. The van der Waals surface area contributed by atoms with Crippen molar-refractivity contribution in [2.24, 2.45) is 0 Å². The number of ether oxygens (including phenoxy) is 1. The molecule has 0 saturated carbocycles. The summed E-state index contributed by atoms with van der Waals surface area (Å²) in [4.78, 5) is 2.52. The minimum atomic E-state index is 0.293. The summed E-state index contributed by atoms with van der Waals surface area (Å²) in [7, 11) is 1.78. The van der Waals surface area contributed by atoms with Crippen molar-refractivity contribution in [2.75, 3.05) is 26.7 Å². The van der Waals surface area contributed by atoms with Gasteiger partial charge in [-0.3, -0.25) is 4.90 Å². The molecule has 3 nitrogen and oxygen atoms in total. The van der Waals surface area contributed by atoms with Gasteiger partial charge in [0.2, 0.25) is 0 Å². The fourth-order valence-electron chi connectivity index (χ4n) is 2.49. The molecule has 0 spiro atoms. The number of nitrogens with zero attached hydrogens (tertiary/aromatic N) is 1. The first-order chi connectivity index (χ1) is 8.70. The van der Waals surface area contributed by atoms with Crippen molar-refractivity contribution in [3.05, 3.63) is 35.9 Å². The lowest BCUT2D eigenvalue weighted by molar-refractivity contribution is 0.0453. The van der Waals surface area contributed by atoms with E-state index in [1.807, 2.05) is 0 Å². The van der Waals surface area contributed by atoms with Crippen LogP contribution >= 0.6 is 0 Å². The topological polar surface area (TPSA) is 24.5 Å².